The van der Waals surface area contributed by atoms with Gasteiger partial charge in [0.15, 0.2) is 0 Å². The van der Waals surface area contributed by atoms with Gasteiger partial charge in [-0.2, -0.15) is 5.10 Å². The number of aromatic nitrogens is 2. The fraction of sp³-hybridized carbons (Fsp3) is 0.308. The molecule has 0 fully saturated rings. The maximum Gasteiger partial charge on any atom is 0.143 e. The molecule has 1 heterocycles. The summed E-state index contributed by atoms with van der Waals surface area (Å²) < 4.78 is 14.9. The molecule has 6 heteroatoms. The Hall–Kier alpha value is -1.10. The van der Waals surface area contributed by atoms with Gasteiger partial charge in [-0.1, -0.05) is 37.0 Å². The van der Waals surface area contributed by atoms with Gasteiger partial charge in [-0.3, -0.25) is 0 Å². The first-order valence-electron chi connectivity index (χ1n) is 5.79. The Morgan fingerprint density at radius 1 is 1.37 bits per heavy atom. The highest BCUT2D eigenvalue weighted by molar-refractivity contribution is 6.31. The third-order valence-electron chi connectivity index (χ3n) is 2.80. The summed E-state index contributed by atoms with van der Waals surface area (Å²) in [5.74, 6) is -0.430. The van der Waals surface area contributed by atoms with Gasteiger partial charge in [-0.25, -0.2) is 9.07 Å². The van der Waals surface area contributed by atoms with Crippen molar-refractivity contribution in [1.29, 1.82) is 0 Å². The molecule has 0 saturated heterocycles. The van der Waals surface area contributed by atoms with Gasteiger partial charge in [-0.05, 0) is 18.1 Å². The van der Waals surface area contributed by atoms with Crippen LogP contribution in [-0.2, 0) is 6.61 Å². The summed E-state index contributed by atoms with van der Waals surface area (Å²) in [4.78, 5) is 0. The summed E-state index contributed by atoms with van der Waals surface area (Å²) in [6, 6.07) is 4.32. The normalized spacial score (nSPS) is 11.3. The minimum atomic E-state index is -0.539. The smallest absolute Gasteiger partial charge is 0.143 e. The summed E-state index contributed by atoms with van der Waals surface area (Å²) in [6.07, 6.45) is 0. The minimum absolute atomic E-state index is 0.0403. The molecule has 0 amide bonds. The van der Waals surface area contributed by atoms with Crippen LogP contribution in [0.15, 0.2) is 18.2 Å². The summed E-state index contributed by atoms with van der Waals surface area (Å²) in [5, 5.41) is 14.0. The van der Waals surface area contributed by atoms with Gasteiger partial charge >= 0.3 is 0 Å². The monoisotopic (exact) mass is 302 g/mol. The van der Waals surface area contributed by atoms with Crippen LogP contribution >= 0.6 is 23.2 Å². The molecule has 1 N–H and O–H groups in total. The van der Waals surface area contributed by atoms with Crippen LogP contribution in [0.25, 0.3) is 5.69 Å². The van der Waals surface area contributed by atoms with E-state index in [0.717, 1.165) is 0 Å². The molecule has 1 aromatic heterocycles. The average Bonchev–Trinajstić information content (AvgIpc) is 2.70. The Bertz CT molecular complexity index is 611. The number of aliphatic hydroxyl groups is 1. The second kappa shape index (κ2) is 5.49. The van der Waals surface area contributed by atoms with E-state index >= 15 is 0 Å². The van der Waals surface area contributed by atoms with E-state index in [9.17, 15) is 9.50 Å². The molecule has 1 aromatic carbocycles. The SMILES string of the molecule is CC(C)c1nn(-c2ccc(Cl)c(F)c2)c(Cl)c1CO. The van der Waals surface area contributed by atoms with E-state index in [1.807, 2.05) is 13.8 Å². The second-order valence-electron chi connectivity index (χ2n) is 4.48. The lowest BCUT2D eigenvalue weighted by Crippen LogP contribution is -1.99. The van der Waals surface area contributed by atoms with E-state index in [1.165, 1.54) is 16.8 Å². The van der Waals surface area contributed by atoms with Gasteiger partial charge in [0.05, 0.1) is 23.0 Å². The highest BCUT2D eigenvalue weighted by Crippen LogP contribution is 2.29. The summed E-state index contributed by atoms with van der Waals surface area (Å²) >= 11 is 11.8. The Kier molecular flexibility index (Phi) is 4.13. The van der Waals surface area contributed by atoms with Crippen LogP contribution in [0.3, 0.4) is 0 Å². The molecule has 0 aliphatic rings. The zero-order valence-corrected chi connectivity index (χ0v) is 12.0. The van der Waals surface area contributed by atoms with Crippen LogP contribution in [-0.4, -0.2) is 14.9 Å². The fourth-order valence-electron chi connectivity index (χ4n) is 1.84. The van der Waals surface area contributed by atoms with Crippen LogP contribution < -0.4 is 0 Å². The predicted molar refractivity (Wildman–Crippen MR) is 73.6 cm³/mol. The number of aliphatic hydroxyl groups excluding tert-OH is 1. The Labute approximate surface area is 120 Å². The van der Waals surface area contributed by atoms with E-state index in [0.29, 0.717) is 16.9 Å². The number of rotatable bonds is 3. The maximum atomic E-state index is 13.5. The van der Waals surface area contributed by atoms with E-state index in [4.69, 9.17) is 23.2 Å². The number of hydrogen-bond acceptors (Lipinski definition) is 2. The number of halogens is 3. The Balaban J connectivity index is 2.59. The van der Waals surface area contributed by atoms with E-state index in [2.05, 4.69) is 5.10 Å². The highest BCUT2D eigenvalue weighted by atomic mass is 35.5. The standard InChI is InChI=1S/C13H13Cl2FN2O/c1-7(2)12-9(6-19)13(15)18(17-12)8-3-4-10(14)11(16)5-8/h3-5,7,19H,6H2,1-2H3. The molecule has 0 bridgehead atoms. The lowest BCUT2D eigenvalue weighted by molar-refractivity contribution is 0.280. The first kappa shape index (κ1) is 14.3. The van der Waals surface area contributed by atoms with Gasteiger partial charge < -0.3 is 5.11 Å². The minimum Gasteiger partial charge on any atom is -0.391 e. The van der Waals surface area contributed by atoms with Crippen molar-refractivity contribution in [2.45, 2.75) is 26.4 Å². The van der Waals surface area contributed by atoms with Crippen molar-refractivity contribution in [3.63, 3.8) is 0 Å². The number of hydrogen-bond donors (Lipinski definition) is 1. The van der Waals surface area contributed by atoms with Crippen LogP contribution in [0, 0.1) is 5.82 Å². The molecule has 19 heavy (non-hydrogen) atoms. The first-order chi connectivity index (χ1) is 8.95. The van der Waals surface area contributed by atoms with Crippen molar-refractivity contribution < 1.29 is 9.50 Å². The molecule has 102 valence electrons. The van der Waals surface area contributed by atoms with Crippen molar-refractivity contribution in [2.75, 3.05) is 0 Å². The molecule has 2 rings (SSSR count). The second-order valence-corrected chi connectivity index (χ2v) is 5.24. The number of benzene rings is 1. The van der Waals surface area contributed by atoms with E-state index in [1.54, 1.807) is 6.07 Å². The van der Waals surface area contributed by atoms with Crippen LogP contribution in [0.4, 0.5) is 4.39 Å². The number of nitrogens with zero attached hydrogens (tertiary/aromatic N) is 2. The van der Waals surface area contributed by atoms with Gasteiger partial charge in [0.25, 0.3) is 0 Å². The molecule has 0 saturated carbocycles. The molecule has 0 radical (unpaired) electrons. The summed E-state index contributed by atoms with van der Waals surface area (Å²) in [6.45, 7) is 3.69. The molecular weight excluding hydrogens is 290 g/mol. The quantitative estimate of drug-likeness (QED) is 0.933. The van der Waals surface area contributed by atoms with Gasteiger partial charge in [0, 0.05) is 11.6 Å². The fourth-order valence-corrected chi connectivity index (χ4v) is 2.25. The zero-order valence-electron chi connectivity index (χ0n) is 10.5. The molecule has 0 aliphatic heterocycles. The van der Waals surface area contributed by atoms with Crippen molar-refractivity contribution in [3.8, 4) is 5.69 Å². The molecule has 0 aliphatic carbocycles. The summed E-state index contributed by atoms with van der Waals surface area (Å²) in [7, 11) is 0. The first-order valence-corrected chi connectivity index (χ1v) is 6.54. The van der Waals surface area contributed by atoms with Crippen LogP contribution in [0.2, 0.25) is 10.2 Å². The van der Waals surface area contributed by atoms with Crippen molar-refractivity contribution in [3.05, 3.63) is 45.4 Å². The third kappa shape index (κ3) is 2.61. The molecule has 3 nitrogen and oxygen atoms in total. The zero-order chi connectivity index (χ0) is 14.2. The van der Waals surface area contributed by atoms with E-state index < -0.39 is 5.82 Å². The Morgan fingerprint density at radius 2 is 2.05 bits per heavy atom. The lowest BCUT2D eigenvalue weighted by atomic mass is 10.1. The molecular formula is C13H13Cl2FN2O. The lowest BCUT2D eigenvalue weighted by Gasteiger charge is -2.04. The van der Waals surface area contributed by atoms with E-state index in [-0.39, 0.29) is 22.7 Å². The third-order valence-corrected chi connectivity index (χ3v) is 3.50. The van der Waals surface area contributed by atoms with Crippen molar-refractivity contribution in [1.82, 2.24) is 9.78 Å². The maximum absolute atomic E-state index is 13.5. The average molecular weight is 303 g/mol. The van der Waals surface area contributed by atoms with Crippen molar-refractivity contribution in [2.24, 2.45) is 0 Å². The molecule has 2 aromatic rings. The van der Waals surface area contributed by atoms with Gasteiger partial charge in [0.2, 0.25) is 0 Å². The van der Waals surface area contributed by atoms with Crippen LogP contribution in [0.1, 0.15) is 31.0 Å². The topological polar surface area (TPSA) is 38.0 Å². The molecule has 0 spiro atoms. The predicted octanol–water partition coefficient (Wildman–Crippen LogP) is 3.93. The van der Waals surface area contributed by atoms with Gasteiger partial charge in [0.1, 0.15) is 11.0 Å². The molecule has 0 atom stereocenters. The van der Waals surface area contributed by atoms with Crippen LogP contribution in [0.5, 0.6) is 0 Å². The molecule has 0 unspecified atom stereocenters. The Morgan fingerprint density at radius 3 is 2.53 bits per heavy atom. The van der Waals surface area contributed by atoms with Crippen molar-refractivity contribution >= 4 is 23.2 Å². The largest absolute Gasteiger partial charge is 0.391 e. The highest BCUT2D eigenvalue weighted by Gasteiger charge is 2.19. The van der Waals surface area contributed by atoms with Gasteiger partial charge in [-0.15, -0.1) is 0 Å². The summed E-state index contributed by atoms with van der Waals surface area (Å²) in [5.41, 5.74) is 1.73.